The molecule has 0 spiro atoms. The van der Waals surface area contributed by atoms with Crippen LogP contribution in [0.25, 0.3) is 16.7 Å². The highest BCUT2D eigenvalue weighted by atomic mass is 14.7. The molecule has 2 nitrogen and oxygen atoms in total. The first-order chi connectivity index (χ1) is 9.34. The van der Waals surface area contributed by atoms with E-state index in [1.807, 2.05) is 18.5 Å². The van der Waals surface area contributed by atoms with Crippen LogP contribution in [0.15, 0.2) is 72.0 Å². The molecule has 92 valence electrons. The van der Waals surface area contributed by atoms with Crippen molar-refractivity contribution in [3.05, 3.63) is 72.6 Å². The summed E-state index contributed by atoms with van der Waals surface area (Å²) in [5, 5.41) is 0. The Morgan fingerprint density at radius 2 is 2.00 bits per heavy atom. The van der Waals surface area contributed by atoms with E-state index >= 15 is 0 Å². The van der Waals surface area contributed by atoms with Gasteiger partial charge in [-0.05, 0) is 34.4 Å². The lowest BCUT2D eigenvalue weighted by Crippen LogP contribution is -1.89. The van der Waals surface area contributed by atoms with Crippen molar-refractivity contribution in [2.45, 2.75) is 0 Å². The van der Waals surface area contributed by atoms with Gasteiger partial charge in [0.15, 0.2) is 0 Å². The highest BCUT2D eigenvalue weighted by Gasteiger charge is 2.07. The van der Waals surface area contributed by atoms with Crippen molar-refractivity contribution in [2.75, 3.05) is 6.54 Å². The first-order valence-electron chi connectivity index (χ1n) is 6.25. The van der Waals surface area contributed by atoms with Crippen molar-refractivity contribution < 1.29 is 0 Å². The second kappa shape index (κ2) is 5.02. The predicted octanol–water partition coefficient (Wildman–Crippen LogP) is 3.77. The molecule has 0 fully saturated rings. The summed E-state index contributed by atoms with van der Waals surface area (Å²) in [6, 6.07) is 12.4. The standard InChI is InChI=1S/C17H14N2/c1-13(16-7-9-19-11-16)14-4-2-5-15(10-14)17-6-3-8-18-12-17/h2-8,10-12H,1,9H2. The number of aromatic nitrogens is 1. The van der Waals surface area contributed by atoms with E-state index in [0.29, 0.717) is 0 Å². The minimum atomic E-state index is 0.761. The molecule has 0 saturated heterocycles. The minimum absolute atomic E-state index is 0.761. The zero-order valence-corrected chi connectivity index (χ0v) is 10.6. The van der Waals surface area contributed by atoms with Crippen LogP contribution in [0.1, 0.15) is 5.56 Å². The van der Waals surface area contributed by atoms with E-state index in [0.717, 1.165) is 34.4 Å². The second-order valence-electron chi connectivity index (χ2n) is 4.45. The van der Waals surface area contributed by atoms with Crippen molar-refractivity contribution >= 4 is 11.8 Å². The van der Waals surface area contributed by atoms with Gasteiger partial charge in [-0.25, -0.2) is 0 Å². The van der Waals surface area contributed by atoms with E-state index < -0.39 is 0 Å². The fraction of sp³-hybridized carbons (Fsp3) is 0.0588. The molecular weight excluding hydrogens is 232 g/mol. The topological polar surface area (TPSA) is 25.2 Å². The Labute approximate surface area is 112 Å². The third-order valence-corrected chi connectivity index (χ3v) is 3.20. The summed E-state index contributed by atoms with van der Waals surface area (Å²) in [5.74, 6) is 0. The number of pyridine rings is 1. The number of nitrogens with zero attached hydrogens (tertiary/aromatic N) is 2. The van der Waals surface area contributed by atoms with E-state index in [9.17, 15) is 0 Å². The molecule has 0 saturated carbocycles. The normalized spacial score (nSPS) is 13.4. The average Bonchev–Trinajstić information content (AvgIpc) is 3.02. The highest BCUT2D eigenvalue weighted by molar-refractivity contribution is 6.01. The Kier molecular flexibility index (Phi) is 3.07. The van der Waals surface area contributed by atoms with Crippen LogP contribution >= 0.6 is 0 Å². The lowest BCUT2D eigenvalue weighted by molar-refractivity contribution is 1.29. The summed E-state index contributed by atoms with van der Waals surface area (Å²) in [6.07, 6.45) is 7.64. The largest absolute Gasteiger partial charge is 0.288 e. The maximum atomic E-state index is 4.20. The van der Waals surface area contributed by atoms with E-state index in [1.165, 1.54) is 0 Å². The molecule has 3 rings (SSSR count). The van der Waals surface area contributed by atoms with Gasteiger partial charge in [0, 0.05) is 24.2 Å². The molecule has 0 radical (unpaired) electrons. The monoisotopic (exact) mass is 246 g/mol. The van der Waals surface area contributed by atoms with Crippen molar-refractivity contribution in [2.24, 2.45) is 4.99 Å². The first kappa shape index (κ1) is 11.6. The van der Waals surface area contributed by atoms with Gasteiger partial charge in [-0.3, -0.25) is 9.98 Å². The maximum absolute atomic E-state index is 4.20. The smallest absolute Gasteiger partial charge is 0.0580 e. The molecular formula is C17H14N2. The summed E-state index contributed by atoms with van der Waals surface area (Å²) in [6.45, 7) is 4.93. The van der Waals surface area contributed by atoms with Gasteiger partial charge in [-0.2, -0.15) is 0 Å². The van der Waals surface area contributed by atoms with Crippen LogP contribution in [-0.2, 0) is 0 Å². The molecule has 0 unspecified atom stereocenters. The summed E-state index contributed by atoms with van der Waals surface area (Å²) in [5.41, 5.74) is 5.53. The zero-order chi connectivity index (χ0) is 13.1. The van der Waals surface area contributed by atoms with Crippen molar-refractivity contribution in [1.82, 2.24) is 4.98 Å². The van der Waals surface area contributed by atoms with Gasteiger partial charge >= 0.3 is 0 Å². The Balaban J connectivity index is 1.96. The highest BCUT2D eigenvalue weighted by Crippen LogP contribution is 2.26. The molecule has 2 aromatic rings. The van der Waals surface area contributed by atoms with Crippen molar-refractivity contribution in [3.8, 4) is 11.1 Å². The Bertz CT molecular complexity index is 667. The summed E-state index contributed by atoms with van der Waals surface area (Å²) in [7, 11) is 0. The Morgan fingerprint density at radius 3 is 2.74 bits per heavy atom. The maximum Gasteiger partial charge on any atom is 0.0580 e. The summed E-state index contributed by atoms with van der Waals surface area (Å²) in [4.78, 5) is 8.36. The molecule has 1 aliphatic rings. The number of aliphatic imine (C=N–C) groups is 1. The minimum Gasteiger partial charge on any atom is -0.288 e. The van der Waals surface area contributed by atoms with Gasteiger partial charge in [-0.15, -0.1) is 0 Å². The fourth-order valence-corrected chi connectivity index (χ4v) is 2.14. The van der Waals surface area contributed by atoms with Gasteiger partial charge in [0.1, 0.15) is 0 Å². The Morgan fingerprint density at radius 1 is 1.11 bits per heavy atom. The van der Waals surface area contributed by atoms with Crippen LogP contribution < -0.4 is 0 Å². The van der Waals surface area contributed by atoms with Crippen LogP contribution in [0.3, 0.4) is 0 Å². The molecule has 1 aromatic carbocycles. The molecule has 1 aromatic heterocycles. The molecule has 0 N–H and O–H groups in total. The first-order valence-corrected chi connectivity index (χ1v) is 6.25. The van der Waals surface area contributed by atoms with E-state index in [2.05, 4.69) is 53.0 Å². The summed E-state index contributed by atoms with van der Waals surface area (Å²) >= 11 is 0. The van der Waals surface area contributed by atoms with Gasteiger partial charge in [0.25, 0.3) is 0 Å². The van der Waals surface area contributed by atoms with Crippen LogP contribution in [-0.4, -0.2) is 17.7 Å². The number of rotatable bonds is 3. The van der Waals surface area contributed by atoms with Crippen LogP contribution in [0.2, 0.25) is 0 Å². The van der Waals surface area contributed by atoms with E-state index in [4.69, 9.17) is 0 Å². The Hall–Kier alpha value is -2.48. The van der Waals surface area contributed by atoms with Gasteiger partial charge in [-0.1, -0.05) is 36.9 Å². The fourth-order valence-electron chi connectivity index (χ4n) is 2.14. The molecule has 2 heteroatoms. The van der Waals surface area contributed by atoms with Crippen LogP contribution in [0, 0.1) is 0 Å². The van der Waals surface area contributed by atoms with Gasteiger partial charge < -0.3 is 0 Å². The number of benzene rings is 1. The lowest BCUT2D eigenvalue weighted by Gasteiger charge is -2.08. The molecule has 0 amide bonds. The van der Waals surface area contributed by atoms with Gasteiger partial charge in [0.2, 0.25) is 0 Å². The number of hydrogen-bond donors (Lipinski definition) is 0. The van der Waals surface area contributed by atoms with Crippen molar-refractivity contribution in [1.29, 1.82) is 0 Å². The predicted molar refractivity (Wildman–Crippen MR) is 80.1 cm³/mol. The summed E-state index contributed by atoms with van der Waals surface area (Å²) < 4.78 is 0. The van der Waals surface area contributed by atoms with E-state index in [-0.39, 0.29) is 0 Å². The molecule has 1 aliphatic heterocycles. The molecule has 2 heterocycles. The number of hydrogen-bond acceptors (Lipinski definition) is 2. The van der Waals surface area contributed by atoms with Crippen molar-refractivity contribution in [3.63, 3.8) is 0 Å². The van der Waals surface area contributed by atoms with Crippen LogP contribution in [0.4, 0.5) is 0 Å². The molecule has 0 aliphatic carbocycles. The molecule has 19 heavy (non-hydrogen) atoms. The quantitative estimate of drug-likeness (QED) is 0.809. The average molecular weight is 246 g/mol. The lowest BCUT2D eigenvalue weighted by atomic mass is 9.97. The third kappa shape index (κ3) is 2.38. The third-order valence-electron chi connectivity index (χ3n) is 3.20. The van der Waals surface area contributed by atoms with Crippen LogP contribution in [0.5, 0.6) is 0 Å². The van der Waals surface area contributed by atoms with E-state index in [1.54, 1.807) is 6.20 Å². The zero-order valence-electron chi connectivity index (χ0n) is 10.6. The van der Waals surface area contributed by atoms with Gasteiger partial charge in [0.05, 0.1) is 6.54 Å². The number of allylic oxidation sites excluding steroid dienone is 2. The second-order valence-corrected chi connectivity index (χ2v) is 4.45. The molecule has 0 bridgehead atoms. The molecule has 0 atom stereocenters. The SMILES string of the molecule is C=C(C1=CCN=C1)c1cccc(-c2cccnc2)c1.